The van der Waals surface area contributed by atoms with Gasteiger partial charge in [0.25, 0.3) is 0 Å². The number of hydrogen-bond acceptors (Lipinski definition) is 2. The number of halogens is 2. The lowest BCUT2D eigenvalue weighted by atomic mass is 10.0. The third-order valence-corrected chi connectivity index (χ3v) is 4.93. The first kappa shape index (κ1) is 16.7. The molecule has 4 nitrogen and oxygen atoms in total. The molecule has 1 aromatic carbocycles. The Balaban J connectivity index is 1.72. The van der Waals surface area contributed by atoms with Crippen LogP contribution >= 0.6 is 0 Å². The highest BCUT2D eigenvalue weighted by Gasteiger charge is 2.20. The molecule has 1 aliphatic rings. The Morgan fingerprint density at radius 2 is 1.88 bits per heavy atom. The second kappa shape index (κ2) is 6.52. The van der Waals surface area contributed by atoms with Gasteiger partial charge in [0.2, 0.25) is 5.91 Å². The number of rotatable bonds is 3. The molecule has 1 aliphatic heterocycles. The minimum absolute atomic E-state index is 0.0116. The number of benzene rings is 1. The fourth-order valence-electron chi connectivity index (χ4n) is 3.45. The van der Waals surface area contributed by atoms with E-state index in [1.165, 1.54) is 12.3 Å². The molecule has 0 radical (unpaired) electrons. The van der Waals surface area contributed by atoms with Crippen LogP contribution in [0.1, 0.15) is 18.4 Å². The molecule has 2 aromatic heterocycles. The molecule has 0 spiro atoms. The predicted octanol–water partition coefficient (Wildman–Crippen LogP) is 3.91. The summed E-state index contributed by atoms with van der Waals surface area (Å²) in [4.78, 5) is 18.5. The lowest BCUT2D eigenvalue weighted by Crippen LogP contribution is -2.30. The van der Waals surface area contributed by atoms with E-state index in [1.54, 1.807) is 35.9 Å². The Bertz CT molecular complexity index is 990. The van der Waals surface area contributed by atoms with Gasteiger partial charge in [0.05, 0.1) is 5.52 Å². The second-order valence-electron chi connectivity index (χ2n) is 6.75. The van der Waals surface area contributed by atoms with Gasteiger partial charge in [-0.1, -0.05) is 6.07 Å². The minimum Gasteiger partial charge on any atom is -0.341 e. The third-order valence-electron chi connectivity index (χ3n) is 4.93. The molecule has 0 atom stereocenters. The van der Waals surface area contributed by atoms with Crippen LogP contribution in [0, 0.1) is 18.6 Å². The van der Waals surface area contributed by atoms with Gasteiger partial charge >= 0.3 is 0 Å². The minimum atomic E-state index is -0.448. The average molecular weight is 355 g/mol. The fourth-order valence-corrected chi connectivity index (χ4v) is 3.45. The molecule has 1 fully saturated rings. The standard InChI is InChI=1S/C20H19F2N3O/c1-13-8-14(4-5-16(13)21)15-9-18-20(23-10-15)17(22)11-25(18)12-19(26)24-6-2-3-7-24/h4-5,8-11H,2-3,6-7,12H2,1H3. The highest BCUT2D eigenvalue weighted by molar-refractivity contribution is 5.84. The van der Waals surface area contributed by atoms with Crippen LogP contribution in [-0.2, 0) is 11.3 Å². The number of aromatic nitrogens is 2. The molecule has 0 unspecified atom stereocenters. The third kappa shape index (κ3) is 2.96. The van der Waals surface area contributed by atoms with E-state index in [-0.39, 0.29) is 23.8 Å². The van der Waals surface area contributed by atoms with Gasteiger partial charge in [-0.05, 0) is 49.1 Å². The Hall–Kier alpha value is -2.76. The van der Waals surface area contributed by atoms with E-state index in [4.69, 9.17) is 0 Å². The summed E-state index contributed by atoms with van der Waals surface area (Å²) in [7, 11) is 0. The van der Waals surface area contributed by atoms with Gasteiger partial charge in [0.1, 0.15) is 17.9 Å². The lowest BCUT2D eigenvalue weighted by Gasteiger charge is -2.16. The van der Waals surface area contributed by atoms with Crippen molar-refractivity contribution < 1.29 is 13.6 Å². The summed E-state index contributed by atoms with van der Waals surface area (Å²) in [5.74, 6) is -0.730. The van der Waals surface area contributed by atoms with Gasteiger partial charge in [-0.3, -0.25) is 9.78 Å². The summed E-state index contributed by atoms with van der Waals surface area (Å²) in [6.45, 7) is 3.31. The molecular weight excluding hydrogens is 336 g/mol. The van der Waals surface area contributed by atoms with Crippen molar-refractivity contribution in [3.63, 3.8) is 0 Å². The van der Waals surface area contributed by atoms with Crippen molar-refractivity contribution in [2.75, 3.05) is 13.1 Å². The average Bonchev–Trinajstić information content (AvgIpc) is 3.26. The highest BCUT2D eigenvalue weighted by atomic mass is 19.1. The largest absolute Gasteiger partial charge is 0.341 e. The first-order valence-electron chi connectivity index (χ1n) is 8.71. The van der Waals surface area contributed by atoms with Gasteiger partial charge < -0.3 is 9.47 Å². The van der Waals surface area contributed by atoms with Gasteiger partial charge in [-0.2, -0.15) is 0 Å². The van der Waals surface area contributed by atoms with E-state index in [9.17, 15) is 13.6 Å². The maximum absolute atomic E-state index is 14.2. The number of nitrogens with zero attached hydrogens (tertiary/aromatic N) is 3. The van der Waals surface area contributed by atoms with Gasteiger partial charge in [0, 0.05) is 31.0 Å². The van der Waals surface area contributed by atoms with Crippen molar-refractivity contribution in [3.8, 4) is 11.1 Å². The number of hydrogen-bond donors (Lipinski definition) is 0. The Morgan fingerprint density at radius 1 is 1.12 bits per heavy atom. The van der Waals surface area contributed by atoms with Crippen molar-refractivity contribution in [1.82, 2.24) is 14.5 Å². The van der Waals surface area contributed by atoms with E-state index in [2.05, 4.69) is 4.98 Å². The molecule has 3 heterocycles. The van der Waals surface area contributed by atoms with Crippen molar-refractivity contribution in [3.05, 3.63) is 53.9 Å². The Labute approximate surface area is 150 Å². The SMILES string of the molecule is Cc1cc(-c2cnc3c(F)cn(CC(=O)N4CCCC4)c3c2)ccc1F. The molecule has 0 aliphatic carbocycles. The number of pyridine rings is 1. The summed E-state index contributed by atoms with van der Waals surface area (Å²) in [6, 6.07) is 6.61. The van der Waals surface area contributed by atoms with Gasteiger partial charge in [0.15, 0.2) is 5.82 Å². The van der Waals surface area contributed by atoms with E-state index in [0.29, 0.717) is 11.1 Å². The lowest BCUT2D eigenvalue weighted by molar-refractivity contribution is -0.130. The van der Waals surface area contributed by atoms with Crippen LogP contribution < -0.4 is 0 Å². The Morgan fingerprint density at radius 3 is 2.62 bits per heavy atom. The van der Waals surface area contributed by atoms with Crippen LogP contribution in [0.4, 0.5) is 8.78 Å². The van der Waals surface area contributed by atoms with E-state index < -0.39 is 5.82 Å². The van der Waals surface area contributed by atoms with Gasteiger partial charge in [-0.25, -0.2) is 8.78 Å². The zero-order valence-electron chi connectivity index (χ0n) is 14.5. The summed E-state index contributed by atoms with van der Waals surface area (Å²) in [5.41, 5.74) is 2.90. The number of amides is 1. The monoisotopic (exact) mass is 355 g/mol. The highest BCUT2D eigenvalue weighted by Crippen LogP contribution is 2.26. The van der Waals surface area contributed by atoms with Crippen molar-refractivity contribution in [1.29, 1.82) is 0 Å². The molecule has 134 valence electrons. The zero-order chi connectivity index (χ0) is 18.3. The van der Waals surface area contributed by atoms with Crippen LogP contribution in [0.15, 0.2) is 36.7 Å². The predicted molar refractivity (Wildman–Crippen MR) is 95.6 cm³/mol. The quantitative estimate of drug-likeness (QED) is 0.714. The summed E-state index contributed by atoms with van der Waals surface area (Å²) >= 11 is 0. The van der Waals surface area contributed by atoms with E-state index in [0.717, 1.165) is 37.1 Å². The van der Waals surface area contributed by atoms with E-state index in [1.807, 2.05) is 4.90 Å². The molecule has 3 aromatic rings. The van der Waals surface area contributed by atoms with Crippen LogP contribution in [0.25, 0.3) is 22.2 Å². The van der Waals surface area contributed by atoms with Crippen molar-refractivity contribution in [2.24, 2.45) is 0 Å². The molecule has 0 bridgehead atoms. The first-order chi connectivity index (χ1) is 12.5. The summed E-state index contributed by atoms with van der Waals surface area (Å²) in [6.07, 6.45) is 4.93. The summed E-state index contributed by atoms with van der Waals surface area (Å²) < 4.78 is 29.4. The Kier molecular flexibility index (Phi) is 4.18. The van der Waals surface area contributed by atoms with E-state index >= 15 is 0 Å². The maximum Gasteiger partial charge on any atom is 0.242 e. The smallest absolute Gasteiger partial charge is 0.242 e. The molecular formula is C20H19F2N3O. The molecule has 1 saturated heterocycles. The first-order valence-corrected chi connectivity index (χ1v) is 8.71. The molecule has 0 N–H and O–H groups in total. The fraction of sp³-hybridized carbons (Fsp3) is 0.300. The maximum atomic E-state index is 14.2. The van der Waals surface area contributed by atoms with Crippen molar-refractivity contribution >= 4 is 16.9 Å². The molecule has 1 amide bonds. The molecule has 6 heteroatoms. The van der Waals surface area contributed by atoms with Crippen molar-refractivity contribution in [2.45, 2.75) is 26.3 Å². The molecule has 4 rings (SSSR count). The number of fused-ring (bicyclic) bond motifs is 1. The van der Waals surface area contributed by atoms with Crippen LogP contribution in [0.3, 0.4) is 0 Å². The van der Waals surface area contributed by atoms with Crippen LogP contribution in [-0.4, -0.2) is 33.4 Å². The number of aryl methyl sites for hydroxylation is 1. The van der Waals surface area contributed by atoms with Gasteiger partial charge in [-0.15, -0.1) is 0 Å². The second-order valence-corrected chi connectivity index (χ2v) is 6.75. The zero-order valence-corrected chi connectivity index (χ0v) is 14.5. The summed E-state index contributed by atoms with van der Waals surface area (Å²) in [5, 5.41) is 0. The number of likely N-dealkylation sites (tertiary alicyclic amines) is 1. The topological polar surface area (TPSA) is 38.1 Å². The van der Waals surface area contributed by atoms with Crippen LogP contribution in [0.5, 0.6) is 0 Å². The van der Waals surface area contributed by atoms with Crippen LogP contribution in [0.2, 0.25) is 0 Å². The number of carbonyl (C=O) groups excluding carboxylic acids is 1. The molecule has 0 saturated carbocycles. The number of carbonyl (C=O) groups is 1. The normalized spacial score (nSPS) is 14.3. The molecule has 26 heavy (non-hydrogen) atoms.